The van der Waals surface area contributed by atoms with Crippen LogP contribution in [-0.2, 0) is 33.6 Å². The SMILES string of the molecule is CC(C)CN1C(=O)CCc2cc3c(cc21)CCNCC3.O=C(O)CCC(=O)O. The van der Waals surface area contributed by atoms with E-state index in [4.69, 9.17) is 10.2 Å². The number of aliphatic carboxylic acids is 2. The summed E-state index contributed by atoms with van der Waals surface area (Å²) in [7, 11) is 0. The molecule has 0 atom stereocenters. The van der Waals surface area contributed by atoms with Crippen molar-refractivity contribution in [1.82, 2.24) is 5.32 Å². The van der Waals surface area contributed by atoms with Gasteiger partial charge in [0.05, 0.1) is 12.8 Å². The van der Waals surface area contributed by atoms with Gasteiger partial charge >= 0.3 is 11.9 Å². The van der Waals surface area contributed by atoms with Crippen molar-refractivity contribution in [1.29, 1.82) is 0 Å². The number of hydrogen-bond donors (Lipinski definition) is 3. The highest BCUT2D eigenvalue weighted by atomic mass is 16.4. The summed E-state index contributed by atoms with van der Waals surface area (Å²) in [4.78, 5) is 33.5. The maximum absolute atomic E-state index is 12.2. The van der Waals surface area contributed by atoms with E-state index in [1.807, 2.05) is 4.90 Å². The third-order valence-corrected chi connectivity index (χ3v) is 4.84. The number of carbonyl (C=O) groups excluding carboxylic acids is 1. The molecule has 3 N–H and O–H groups in total. The molecule has 0 spiro atoms. The molecule has 1 amide bonds. The maximum Gasteiger partial charge on any atom is 0.303 e. The normalized spacial score (nSPS) is 15.8. The smallest absolute Gasteiger partial charge is 0.303 e. The van der Waals surface area contributed by atoms with Crippen LogP contribution in [0.15, 0.2) is 12.1 Å². The van der Waals surface area contributed by atoms with Crippen molar-refractivity contribution in [3.63, 3.8) is 0 Å². The molecule has 3 rings (SSSR count). The summed E-state index contributed by atoms with van der Waals surface area (Å²) < 4.78 is 0. The second-order valence-electron chi connectivity index (χ2n) is 7.69. The van der Waals surface area contributed by atoms with Crippen LogP contribution in [0.25, 0.3) is 0 Å². The van der Waals surface area contributed by atoms with E-state index in [1.165, 1.54) is 22.4 Å². The molecule has 2 aliphatic rings. The molecule has 2 aliphatic heterocycles. The minimum atomic E-state index is -1.08. The largest absolute Gasteiger partial charge is 0.481 e. The van der Waals surface area contributed by atoms with E-state index in [9.17, 15) is 14.4 Å². The highest BCUT2D eigenvalue weighted by Gasteiger charge is 2.26. The van der Waals surface area contributed by atoms with Crippen molar-refractivity contribution in [2.24, 2.45) is 5.92 Å². The lowest BCUT2D eigenvalue weighted by atomic mass is 9.92. The van der Waals surface area contributed by atoms with Gasteiger partial charge in [0, 0.05) is 18.7 Å². The quantitative estimate of drug-likeness (QED) is 0.712. The molecule has 0 bridgehead atoms. The first-order chi connectivity index (χ1) is 13.3. The number of nitrogens with zero attached hydrogens (tertiary/aromatic N) is 1. The van der Waals surface area contributed by atoms with Crippen LogP contribution in [0.4, 0.5) is 5.69 Å². The Morgan fingerprint density at radius 1 is 0.964 bits per heavy atom. The van der Waals surface area contributed by atoms with E-state index in [0.717, 1.165) is 38.9 Å². The van der Waals surface area contributed by atoms with Gasteiger partial charge in [0.1, 0.15) is 0 Å². The molecule has 0 unspecified atom stereocenters. The predicted molar refractivity (Wildman–Crippen MR) is 107 cm³/mol. The van der Waals surface area contributed by atoms with Crippen molar-refractivity contribution in [2.75, 3.05) is 24.5 Å². The van der Waals surface area contributed by atoms with Crippen LogP contribution >= 0.6 is 0 Å². The number of fused-ring (bicyclic) bond motifs is 2. The van der Waals surface area contributed by atoms with Gasteiger partial charge < -0.3 is 20.4 Å². The van der Waals surface area contributed by atoms with Crippen LogP contribution in [0.2, 0.25) is 0 Å². The van der Waals surface area contributed by atoms with Crippen molar-refractivity contribution in [3.05, 3.63) is 28.8 Å². The number of hydrogen-bond acceptors (Lipinski definition) is 4. The van der Waals surface area contributed by atoms with Crippen LogP contribution in [0.3, 0.4) is 0 Å². The number of carbonyl (C=O) groups is 3. The predicted octanol–water partition coefficient (Wildman–Crippen LogP) is 2.25. The molecule has 1 aromatic carbocycles. The van der Waals surface area contributed by atoms with Gasteiger partial charge in [0.2, 0.25) is 5.91 Å². The van der Waals surface area contributed by atoms with Crippen LogP contribution in [0.5, 0.6) is 0 Å². The van der Waals surface area contributed by atoms with Gasteiger partial charge in [-0.15, -0.1) is 0 Å². The molecule has 0 radical (unpaired) electrons. The molecule has 154 valence electrons. The molecular weight excluding hydrogens is 360 g/mol. The van der Waals surface area contributed by atoms with Crippen LogP contribution < -0.4 is 10.2 Å². The molecule has 1 aromatic rings. The first kappa shape index (κ1) is 21.9. The Balaban J connectivity index is 0.000000300. The Morgan fingerprint density at radius 3 is 2.07 bits per heavy atom. The third kappa shape index (κ3) is 6.34. The maximum atomic E-state index is 12.2. The molecule has 0 saturated carbocycles. The van der Waals surface area contributed by atoms with Crippen molar-refractivity contribution < 1.29 is 24.6 Å². The standard InChI is InChI=1S/C17H24N2O.C4H6O4/c1-12(2)11-19-16-10-14-6-8-18-7-5-13(14)9-15(16)3-4-17(19)20;5-3(6)1-2-4(7)8/h9-10,12,18H,3-8,11H2,1-2H3;1-2H2,(H,5,6)(H,7,8). The molecule has 0 aromatic heterocycles. The lowest BCUT2D eigenvalue weighted by Crippen LogP contribution is -2.38. The minimum Gasteiger partial charge on any atom is -0.481 e. The fourth-order valence-corrected chi connectivity index (χ4v) is 3.51. The summed E-state index contributed by atoms with van der Waals surface area (Å²) in [5, 5.41) is 19.3. The Hall–Kier alpha value is -2.41. The summed E-state index contributed by atoms with van der Waals surface area (Å²) in [6.07, 6.45) is 3.16. The van der Waals surface area contributed by atoms with Crippen LogP contribution in [0, 0.1) is 5.92 Å². The average molecular weight is 390 g/mol. The van der Waals surface area contributed by atoms with Gasteiger partial charge in [-0.3, -0.25) is 14.4 Å². The number of carboxylic acids is 2. The van der Waals surface area contributed by atoms with E-state index in [2.05, 4.69) is 31.3 Å². The number of amides is 1. The van der Waals surface area contributed by atoms with Gasteiger partial charge in [0.25, 0.3) is 0 Å². The molecule has 28 heavy (non-hydrogen) atoms. The zero-order valence-electron chi connectivity index (χ0n) is 16.7. The molecule has 0 saturated heterocycles. The summed E-state index contributed by atoms with van der Waals surface area (Å²) in [5.74, 6) is -1.36. The lowest BCUT2D eigenvalue weighted by Gasteiger charge is -2.32. The minimum absolute atomic E-state index is 0.290. The van der Waals surface area contributed by atoms with Crippen molar-refractivity contribution in [3.8, 4) is 0 Å². The van der Waals surface area contributed by atoms with Gasteiger partial charge in [-0.25, -0.2) is 0 Å². The number of rotatable bonds is 5. The fraction of sp³-hybridized carbons (Fsp3) is 0.571. The first-order valence-corrected chi connectivity index (χ1v) is 9.87. The Kier molecular flexibility index (Phi) is 7.99. The number of aryl methyl sites for hydroxylation is 1. The number of anilines is 1. The van der Waals surface area contributed by atoms with Crippen molar-refractivity contribution >= 4 is 23.5 Å². The van der Waals surface area contributed by atoms with Crippen molar-refractivity contribution in [2.45, 2.75) is 52.4 Å². The summed E-state index contributed by atoms with van der Waals surface area (Å²) in [6.45, 7) is 7.30. The third-order valence-electron chi connectivity index (χ3n) is 4.84. The van der Waals surface area contributed by atoms with E-state index < -0.39 is 11.9 Å². The van der Waals surface area contributed by atoms with E-state index in [-0.39, 0.29) is 18.7 Å². The van der Waals surface area contributed by atoms with E-state index in [0.29, 0.717) is 12.3 Å². The lowest BCUT2D eigenvalue weighted by molar-refractivity contribution is -0.143. The van der Waals surface area contributed by atoms with E-state index in [1.54, 1.807) is 0 Å². The molecule has 0 fully saturated rings. The molecule has 2 heterocycles. The Morgan fingerprint density at radius 2 is 1.54 bits per heavy atom. The number of nitrogens with one attached hydrogen (secondary N) is 1. The Labute approximate surface area is 165 Å². The highest BCUT2D eigenvalue weighted by molar-refractivity contribution is 5.96. The molecular formula is C21H30N2O5. The number of benzene rings is 1. The summed E-state index contributed by atoms with van der Waals surface area (Å²) in [5.41, 5.74) is 5.45. The molecule has 0 aliphatic carbocycles. The topological polar surface area (TPSA) is 107 Å². The summed E-state index contributed by atoms with van der Waals surface area (Å²) in [6, 6.07) is 4.65. The molecule has 7 nitrogen and oxygen atoms in total. The van der Waals surface area contributed by atoms with Crippen LogP contribution in [-0.4, -0.2) is 47.7 Å². The van der Waals surface area contributed by atoms with E-state index >= 15 is 0 Å². The Bertz CT molecular complexity index is 716. The highest BCUT2D eigenvalue weighted by Crippen LogP contribution is 2.32. The number of carboxylic acid groups (broad SMARTS) is 2. The van der Waals surface area contributed by atoms with Crippen LogP contribution in [0.1, 0.15) is 49.8 Å². The zero-order valence-corrected chi connectivity index (χ0v) is 16.7. The second-order valence-corrected chi connectivity index (χ2v) is 7.69. The fourth-order valence-electron chi connectivity index (χ4n) is 3.51. The molecule has 7 heteroatoms. The van der Waals surface area contributed by atoms with Gasteiger partial charge in [-0.05, 0) is 61.0 Å². The second kappa shape index (κ2) is 10.2. The monoisotopic (exact) mass is 390 g/mol. The van der Waals surface area contributed by atoms with Gasteiger partial charge in [-0.2, -0.15) is 0 Å². The average Bonchev–Trinajstić information content (AvgIpc) is 2.86. The van der Waals surface area contributed by atoms with Gasteiger partial charge in [0.15, 0.2) is 0 Å². The zero-order chi connectivity index (χ0) is 20.7. The summed E-state index contributed by atoms with van der Waals surface area (Å²) >= 11 is 0. The van der Waals surface area contributed by atoms with Gasteiger partial charge in [-0.1, -0.05) is 19.9 Å². The first-order valence-electron chi connectivity index (χ1n) is 9.87.